The first kappa shape index (κ1) is 14.4. The number of carbonyl (C=O) groups excluding carboxylic acids is 1. The molecular formula is C14H20O4. The Kier molecular flexibility index (Phi) is 6.05. The van der Waals surface area contributed by atoms with E-state index >= 15 is 0 Å². The van der Waals surface area contributed by atoms with Crippen molar-refractivity contribution in [2.24, 2.45) is 5.92 Å². The van der Waals surface area contributed by atoms with Crippen molar-refractivity contribution >= 4 is 5.97 Å². The number of benzene rings is 1. The minimum atomic E-state index is -0.167. The van der Waals surface area contributed by atoms with Crippen LogP contribution in [0.4, 0.5) is 0 Å². The normalized spacial score (nSPS) is 11.9. The van der Waals surface area contributed by atoms with Gasteiger partial charge in [0.25, 0.3) is 0 Å². The summed E-state index contributed by atoms with van der Waals surface area (Å²) in [5.74, 6) is 0.351. The van der Waals surface area contributed by atoms with E-state index in [1.54, 1.807) is 24.3 Å². The van der Waals surface area contributed by atoms with Gasteiger partial charge in [0.1, 0.15) is 0 Å². The lowest BCUT2D eigenvalue weighted by atomic mass is 10.1. The van der Waals surface area contributed by atoms with Gasteiger partial charge in [-0.25, -0.2) is 0 Å². The molecule has 1 unspecified atom stereocenters. The zero-order valence-corrected chi connectivity index (χ0v) is 10.9. The lowest BCUT2D eigenvalue weighted by Crippen LogP contribution is -2.15. The van der Waals surface area contributed by atoms with Crippen LogP contribution in [0, 0.1) is 5.92 Å². The number of rotatable bonds is 7. The number of phenolic OH excluding ortho intramolecular Hbond substituents is 1. The summed E-state index contributed by atoms with van der Waals surface area (Å²) in [5, 5.41) is 9.45. The van der Waals surface area contributed by atoms with E-state index in [9.17, 15) is 9.90 Å². The average Bonchev–Trinajstić information content (AvgIpc) is 2.39. The molecule has 0 spiro atoms. The van der Waals surface area contributed by atoms with Crippen LogP contribution in [0.5, 0.6) is 11.5 Å². The number of esters is 1. The fourth-order valence-corrected chi connectivity index (χ4v) is 1.30. The molecular weight excluding hydrogens is 232 g/mol. The van der Waals surface area contributed by atoms with Gasteiger partial charge in [-0.05, 0) is 18.6 Å². The smallest absolute Gasteiger partial charge is 0.308 e. The maximum Gasteiger partial charge on any atom is 0.308 e. The van der Waals surface area contributed by atoms with E-state index < -0.39 is 0 Å². The molecule has 0 aromatic heterocycles. The average molecular weight is 252 g/mol. The van der Waals surface area contributed by atoms with Gasteiger partial charge >= 0.3 is 5.97 Å². The molecule has 1 aromatic rings. The van der Waals surface area contributed by atoms with Crippen molar-refractivity contribution in [3.8, 4) is 11.5 Å². The predicted molar refractivity (Wildman–Crippen MR) is 68.6 cm³/mol. The molecule has 1 rings (SSSR count). The highest BCUT2D eigenvalue weighted by atomic mass is 16.5. The van der Waals surface area contributed by atoms with E-state index in [1.807, 2.05) is 13.8 Å². The number of hydrogen-bond donors (Lipinski definition) is 1. The summed E-state index contributed by atoms with van der Waals surface area (Å²) in [6.45, 7) is 4.55. The predicted octanol–water partition coefficient (Wildman–Crippen LogP) is 2.75. The van der Waals surface area contributed by atoms with Crippen LogP contribution in [0.25, 0.3) is 0 Å². The first-order valence-electron chi connectivity index (χ1n) is 6.22. The van der Waals surface area contributed by atoms with Crippen LogP contribution in [-0.4, -0.2) is 24.3 Å². The van der Waals surface area contributed by atoms with Gasteiger partial charge in [0, 0.05) is 6.42 Å². The van der Waals surface area contributed by atoms with Crippen molar-refractivity contribution in [1.82, 2.24) is 0 Å². The van der Waals surface area contributed by atoms with Crippen molar-refractivity contribution in [3.63, 3.8) is 0 Å². The van der Waals surface area contributed by atoms with Crippen molar-refractivity contribution < 1.29 is 19.4 Å². The van der Waals surface area contributed by atoms with Crippen LogP contribution in [-0.2, 0) is 9.53 Å². The molecule has 0 saturated carbocycles. The number of carbonyl (C=O) groups is 1. The molecule has 100 valence electrons. The summed E-state index contributed by atoms with van der Waals surface area (Å²) >= 11 is 0. The van der Waals surface area contributed by atoms with Gasteiger partial charge in [-0.3, -0.25) is 4.79 Å². The summed E-state index contributed by atoms with van der Waals surface area (Å²) in [7, 11) is 0. The zero-order chi connectivity index (χ0) is 13.4. The summed E-state index contributed by atoms with van der Waals surface area (Å²) in [6, 6.07) is 6.78. The van der Waals surface area contributed by atoms with Crippen molar-refractivity contribution in [3.05, 3.63) is 24.3 Å². The molecule has 0 radical (unpaired) electrons. The highest BCUT2D eigenvalue weighted by molar-refractivity contribution is 5.71. The number of ether oxygens (including phenoxy) is 2. The number of phenols is 1. The van der Waals surface area contributed by atoms with Crippen molar-refractivity contribution in [2.45, 2.75) is 26.7 Å². The Labute approximate surface area is 108 Å². The Hall–Kier alpha value is -1.71. The van der Waals surface area contributed by atoms with Crippen LogP contribution in [0.3, 0.4) is 0 Å². The van der Waals surface area contributed by atoms with Gasteiger partial charge in [0.05, 0.1) is 19.1 Å². The molecule has 0 bridgehead atoms. The van der Waals surface area contributed by atoms with E-state index in [-0.39, 0.29) is 17.6 Å². The molecule has 0 aliphatic heterocycles. The van der Waals surface area contributed by atoms with E-state index in [4.69, 9.17) is 9.47 Å². The van der Waals surface area contributed by atoms with Crippen molar-refractivity contribution in [1.29, 1.82) is 0 Å². The first-order valence-corrected chi connectivity index (χ1v) is 6.22. The van der Waals surface area contributed by atoms with Crippen LogP contribution < -0.4 is 4.74 Å². The molecule has 0 fully saturated rings. The Bertz CT molecular complexity index is 376. The zero-order valence-electron chi connectivity index (χ0n) is 10.9. The van der Waals surface area contributed by atoms with E-state index in [0.29, 0.717) is 25.4 Å². The minimum absolute atomic E-state index is 0.0518. The Balaban J connectivity index is 2.16. The summed E-state index contributed by atoms with van der Waals surface area (Å²) in [5.41, 5.74) is 0. The Morgan fingerprint density at radius 2 is 2.06 bits per heavy atom. The third-order valence-electron chi connectivity index (χ3n) is 2.67. The molecule has 4 heteroatoms. The topological polar surface area (TPSA) is 55.8 Å². The standard InChI is InChI=1S/C14H20O4/c1-3-11(2)14(16)18-10-6-9-17-13-8-5-4-7-12(13)15/h4-5,7-8,11,15H,3,6,9-10H2,1-2H3. The highest BCUT2D eigenvalue weighted by Gasteiger charge is 2.11. The lowest BCUT2D eigenvalue weighted by molar-refractivity contribution is -0.148. The molecule has 0 aliphatic carbocycles. The third kappa shape index (κ3) is 4.65. The second-order valence-electron chi connectivity index (χ2n) is 4.15. The quantitative estimate of drug-likeness (QED) is 0.599. The van der Waals surface area contributed by atoms with Gasteiger partial charge in [-0.1, -0.05) is 26.0 Å². The van der Waals surface area contributed by atoms with E-state index in [0.717, 1.165) is 6.42 Å². The monoisotopic (exact) mass is 252 g/mol. The largest absolute Gasteiger partial charge is 0.504 e. The minimum Gasteiger partial charge on any atom is -0.504 e. The van der Waals surface area contributed by atoms with Gasteiger partial charge < -0.3 is 14.6 Å². The fourth-order valence-electron chi connectivity index (χ4n) is 1.30. The molecule has 1 atom stereocenters. The van der Waals surface area contributed by atoms with E-state index in [2.05, 4.69) is 0 Å². The molecule has 18 heavy (non-hydrogen) atoms. The summed E-state index contributed by atoms with van der Waals surface area (Å²) in [4.78, 5) is 11.4. The van der Waals surface area contributed by atoms with Gasteiger partial charge in [0.15, 0.2) is 11.5 Å². The molecule has 0 heterocycles. The highest BCUT2D eigenvalue weighted by Crippen LogP contribution is 2.24. The van der Waals surface area contributed by atoms with E-state index in [1.165, 1.54) is 0 Å². The Morgan fingerprint density at radius 3 is 2.72 bits per heavy atom. The molecule has 4 nitrogen and oxygen atoms in total. The van der Waals surface area contributed by atoms with Crippen LogP contribution in [0.1, 0.15) is 26.7 Å². The molecule has 0 saturated heterocycles. The second-order valence-corrected chi connectivity index (χ2v) is 4.15. The van der Waals surface area contributed by atoms with Crippen LogP contribution >= 0.6 is 0 Å². The van der Waals surface area contributed by atoms with Crippen LogP contribution in [0.2, 0.25) is 0 Å². The SMILES string of the molecule is CCC(C)C(=O)OCCCOc1ccccc1O. The number of hydrogen-bond acceptors (Lipinski definition) is 4. The van der Waals surface area contributed by atoms with Gasteiger partial charge in [-0.15, -0.1) is 0 Å². The fraction of sp³-hybridized carbons (Fsp3) is 0.500. The van der Waals surface area contributed by atoms with Crippen LogP contribution in [0.15, 0.2) is 24.3 Å². The molecule has 0 amide bonds. The maximum absolute atomic E-state index is 11.4. The van der Waals surface area contributed by atoms with Gasteiger partial charge in [0.2, 0.25) is 0 Å². The summed E-state index contributed by atoms with van der Waals surface area (Å²) in [6.07, 6.45) is 1.39. The molecule has 1 N–H and O–H groups in total. The van der Waals surface area contributed by atoms with Crippen molar-refractivity contribution in [2.75, 3.05) is 13.2 Å². The first-order chi connectivity index (χ1) is 8.65. The summed E-state index contributed by atoms with van der Waals surface area (Å²) < 4.78 is 10.4. The molecule has 0 aliphatic rings. The molecule has 1 aromatic carbocycles. The third-order valence-corrected chi connectivity index (χ3v) is 2.67. The second kappa shape index (κ2) is 7.58. The number of aromatic hydroxyl groups is 1. The lowest BCUT2D eigenvalue weighted by Gasteiger charge is -2.10. The Morgan fingerprint density at radius 1 is 1.33 bits per heavy atom. The maximum atomic E-state index is 11.4. The van der Waals surface area contributed by atoms with Gasteiger partial charge in [-0.2, -0.15) is 0 Å². The number of para-hydroxylation sites is 2.